The predicted molar refractivity (Wildman–Crippen MR) is 75.9 cm³/mol. The van der Waals surface area contributed by atoms with Crippen LogP contribution in [-0.2, 0) is 6.42 Å². The summed E-state index contributed by atoms with van der Waals surface area (Å²) in [5, 5.41) is 11.0. The van der Waals surface area contributed by atoms with Crippen LogP contribution in [0, 0.1) is 0 Å². The van der Waals surface area contributed by atoms with Crippen LogP contribution >= 0.6 is 11.6 Å². The molecule has 0 aromatic heterocycles. The van der Waals surface area contributed by atoms with Crippen molar-refractivity contribution in [1.82, 2.24) is 0 Å². The van der Waals surface area contributed by atoms with E-state index in [-0.39, 0.29) is 5.92 Å². The Morgan fingerprint density at radius 3 is 2.74 bits per heavy atom. The number of methoxy groups -OCH3 is 1. The van der Waals surface area contributed by atoms with Gasteiger partial charge in [-0.2, -0.15) is 0 Å². The Kier molecular flexibility index (Phi) is 3.21. The fraction of sp³-hybridized carbons (Fsp3) is 0.250. The summed E-state index contributed by atoms with van der Waals surface area (Å²) in [7, 11) is 1.58. The first kappa shape index (κ1) is 12.5. The van der Waals surface area contributed by atoms with Gasteiger partial charge in [-0.25, -0.2) is 0 Å². The van der Waals surface area contributed by atoms with Gasteiger partial charge in [0, 0.05) is 5.92 Å². The minimum atomic E-state index is -0.515. The van der Waals surface area contributed by atoms with Crippen LogP contribution in [-0.4, -0.2) is 12.2 Å². The molecule has 0 saturated heterocycles. The number of benzene rings is 2. The zero-order valence-electron chi connectivity index (χ0n) is 10.6. The summed E-state index contributed by atoms with van der Waals surface area (Å²) in [4.78, 5) is 0. The van der Waals surface area contributed by atoms with E-state index in [2.05, 4.69) is 12.1 Å². The van der Waals surface area contributed by atoms with Crippen molar-refractivity contribution in [1.29, 1.82) is 0 Å². The minimum absolute atomic E-state index is 0.167. The second-order valence-electron chi connectivity index (χ2n) is 4.85. The number of rotatable bonds is 3. The lowest BCUT2D eigenvalue weighted by Gasteiger charge is -2.34. The molecule has 98 valence electrons. The van der Waals surface area contributed by atoms with E-state index in [1.165, 1.54) is 11.1 Å². The van der Waals surface area contributed by atoms with Gasteiger partial charge in [-0.15, -0.1) is 0 Å². The van der Waals surface area contributed by atoms with Gasteiger partial charge < -0.3 is 9.84 Å². The highest BCUT2D eigenvalue weighted by molar-refractivity contribution is 6.32. The van der Waals surface area contributed by atoms with Gasteiger partial charge >= 0.3 is 0 Å². The van der Waals surface area contributed by atoms with E-state index in [0.717, 1.165) is 12.0 Å². The molecule has 0 spiro atoms. The Labute approximate surface area is 117 Å². The van der Waals surface area contributed by atoms with E-state index >= 15 is 0 Å². The zero-order valence-corrected chi connectivity index (χ0v) is 11.4. The molecule has 0 radical (unpaired) electrons. The molecule has 3 rings (SSSR count). The van der Waals surface area contributed by atoms with Crippen LogP contribution < -0.4 is 4.74 Å². The van der Waals surface area contributed by atoms with E-state index in [9.17, 15) is 5.11 Å². The molecule has 2 atom stereocenters. The lowest BCUT2D eigenvalue weighted by molar-refractivity contribution is 0.134. The van der Waals surface area contributed by atoms with Crippen molar-refractivity contribution in [2.75, 3.05) is 7.11 Å². The third kappa shape index (κ3) is 2.11. The van der Waals surface area contributed by atoms with Gasteiger partial charge in [0.2, 0.25) is 0 Å². The number of ether oxygens (including phenoxy) is 1. The first-order valence-corrected chi connectivity index (χ1v) is 6.68. The van der Waals surface area contributed by atoms with Crippen LogP contribution in [0.15, 0.2) is 42.5 Å². The molecule has 2 aromatic carbocycles. The Balaban J connectivity index is 1.86. The maximum absolute atomic E-state index is 10.5. The van der Waals surface area contributed by atoms with Crippen LogP contribution in [0.5, 0.6) is 5.75 Å². The van der Waals surface area contributed by atoms with Crippen molar-refractivity contribution < 1.29 is 9.84 Å². The smallest absolute Gasteiger partial charge is 0.137 e. The first-order chi connectivity index (χ1) is 9.20. The van der Waals surface area contributed by atoms with Crippen molar-refractivity contribution in [3.05, 3.63) is 64.2 Å². The standard InChI is InChI=1S/C16H15ClO2/c1-19-15-7-6-11(9-14(15)17)16(18)13-8-10-4-2-3-5-12(10)13/h2-7,9,13,16,18H,8H2,1H3. The maximum atomic E-state index is 10.5. The fourth-order valence-corrected chi connectivity index (χ4v) is 2.94. The van der Waals surface area contributed by atoms with E-state index in [4.69, 9.17) is 16.3 Å². The fourth-order valence-electron chi connectivity index (χ4n) is 2.68. The molecular formula is C16H15ClO2. The van der Waals surface area contributed by atoms with Gasteiger partial charge in [0.25, 0.3) is 0 Å². The third-order valence-corrected chi connectivity index (χ3v) is 4.09. The van der Waals surface area contributed by atoms with E-state index in [1.807, 2.05) is 18.2 Å². The van der Waals surface area contributed by atoms with Crippen molar-refractivity contribution in [3.8, 4) is 5.75 Å². The molecule has 1 N–H and O–H groups in total. The minimum Gasteiger partial charge on any atom is -0.495 e. The molecule has 1 aliphatic rings. The summed E-state index contributed by atoms with van der Waals surface area (Å²) >= 11 is 6.10. The molecule has 0 heterocycles. The van der Waals surface area contributed by atoms with E-state index in [0.29, 0.717) is 10.8 Å². The number of aliphatic hydroxyl groups excluding tert-OH is 1. The van der Waals surface area contributed by atoms with Gasteiger partial charge in [-0.1, -0.05) is 41.9 Å². The average molecular weight is 275 g/mol. The highest BCUT2D eigenvalue weighted by Gasteiger charge is 2.32. The highest BCUT2D eigenvalue weighted by atomic mass is 35.5. The molecule has 0 amide bonds. The molecule has 0 bridgehead atoms. The topological polar surface area (TPSA) is 29.5 Å². The van der Waals surface area contributed by atoms with E-state index in [1.54, 1.807) is 19.2 Å². The average Bonchev–Trinajstić information content (AvgIpc) is 2.40. The highest BCUT2D eigenvalue weighted by Crippen LogP contribution is 2.44. The molecule has 2 aromatic rings. The summed E-state index contributed by atoms with van der Waals surface area (Å²) in [6, 6.07) is 13.7. The largest absolute Gasteiger partial charge is 0.495 e. The third-order valence-electron chi connectivity index (χ3n) is 3.79. The Morgan fingerprint density at radius 1 is 1.26 bits per heavy atom. The van der Waals surface area contributed by atoms with Gasteiger partial charge in [0.1, 0.15) is 5.75 Å². The first-order valence-electron chi connectivity index (χ1n) is 6.30. The zero-order chi connectivity index (χ0) is 13.4. The van der Waals surface area contributed by atoms with Gasteiger partial charge in [-0.3, -0.25) is 0 Å². The van der Waals surface area contributed by atoms with Crippen LogP contribution in [0.1, 0.15) is 28.7 Å². The number of hydrogen-bond donors (Lipinski definition) is 1. The molecule has 0 saturated carbocycles. The molecule has 0 aliphatic heterocycles. The number of hydrogen-bond acceptors (Lipinski definition) is 2. The SMILES string of the molecule is COc1ccc(C(O)C2Cc3ccccc32)cc1Cl. The van der Waals surface area contributed by atoms with Crippen LogP contribution in [0.25, 0.3) is 0 Å². The monoisotopic (exact) mass is 274 g/mol. The van der Waals surface area contributed by atoms with Crippen molar-refractivity contribution >= 4 is 11.6 Å². The van der Waals surface area contributed by atoms with E-state index < -0.39 is 6.10 Å². The molecule has 2 nitrogen and oxygen atoms in total. The molecule has 0 fully saturated rings. The predicted octanol–water partition coefficient (Wildman–Crippen LogP) is 3.72. The van der Waals surface area contributed by atoms with Gasteiger partial charge in [0.05, 0.1) is 18.2 Å². The number of aliphatic hydroxyl groups is 1. The van der Waals surface area contributed by atoms with Crippen LogP contribution in [0.2, 0.25) is 5.02 Å². The molecule has 19 heavy (non-hydrogen) atoms. The summed E-state index contributed by atoms with van der Waals surface area (Å²) in [5.74, 6) is 0.798. The van der Waals surface area contributed by atoms with Gasteiger partial charge in [0.15, 0.2) is 0 Å². The summed E-state index contributed by atoms with van der Waals surface area (Å²) < 4.78 is 5.12. The van der Waals surface area contributed by atoms with Crippen molar-refractivity contribution in [3.63, 3.8) is 0 Å². The van der Waals surface area contributed by atoms with Crippen LogP contribution in [0.4, 0.5) is 0 Å². The molecule has 2 unspecified atom stereocenters. The second kappa shape index (κ2) is 4.87. The molecule has 3 heteroatoms. The molecule has 1 aliphatic carbocycles. The Bertz CT molecular complexity index is 609. The summed E-state index contributed by atoms with van der Waals surface area (Å²) in [5.41, 5.74) is 3.40. The lowest BCUT2D eigenvalue weighted by Crippen LogP contribution is -2.23. The van der Waals surface area contributed by atoms with Crippen LogP contribution in [0.3, 0.4) is 0 Å². The van der Waals surface area contributed by atoms with Crippen molar-refractivity contribution in [2.24, 2.45) is 0 Å². The Hall–Kier alpha value is -1.51. The number of halogens is 1. The Morgan fingerprint density at radius 2 is 2.05 bits per heavy atom. The van der Waals surface area contributed by atoms with Crippen molar-refractivity contribution in [2.45, 2.75) is 18.4 Å². The maximum Gasteiger partial charge on any atom is 0.137 e. The second-order valence-corrected chi connectivity index (χ2v) is 5.26. The number of fused-ring (bicyclic) bond motifs is 1. The summed E-state index contributed by atoms with van der Waals surface area (Å²) in [6.07, 6.45) is 0.402. The normalized spacial score (nSPS) is 18.4. The summed E-state index contributed by atoms with van der Waals surface area (Å²) in [6.45, 7) is 0. The molecular weight excluding hydrogens is 260 g/mol. The quantitative estimate of drug-likeness (QED) is 0.924. The lowest BCUT2D eigenvalue weighted by atomic mass is 9.73. The van der Waals surface area contributed by atoms with Gasteiger partial charge in [-0.05, 0) is 35.2 Å².